The largest absolute Gasteiger partial charge is 0.465 e. The average Bonchev–Trinajstić information content (AvgIpc) is 2.04. The van der Waals surface area contributed by atoms with Crippen molar-refractivity contribution in [2.75, 3.05) is 0 Å². The third-order valence-electron chi connectivity index (χ3n) is 1.09. The quantitative estimate of drug-likeness (QED) is 0.692. The van der Waals surface area contributed by atoms with Gasteiger partial charge in [0.05, 0.1) is 0 Å². The maximum Gasteiger partial charge on any atom is 0.411 e. The van der Waals surface area contributed by atoms with Crippen molar-refractivity contribution in [1.29, 1.82) is 0 Å². The first-order chi connectivity index (χ1) is 6.09. The molecule has 0 saturated heterocycles. The van der Waals surface area contributed by atoms with Gasteiger partial charge in [-0.15, -0.1) is 10.2 Å². The molecule has 0 aliphatic rings. The predicted molar refractivity (Wildman–Crippen MR) is 42.5 cm³/mol. The Labute approximate surface area is 77.5 Å². The van der Waals surface area contributed by atoms with Crippen LogP contribution in [-0.2, 0) is 0 Å². The van der Waals surface area contributed by atoms with E-state index in [1.807, 2.05) is 0 Å². The monoisotopic (exact) mass is 201 g/mol. The van der Waals surface area contributed by atoms with Crippen molar-refractivity contribution >= 4 is 23.6 Å². The van der Waals surface area contributed by atoms with Crippen LogP contribution in [0, 0.1) is 0 Å². The molecule has 0 aromatic carbocycles. The van der Waals surface area contributed by atoms with Gasteiger partial charge in [0, 0.05) is 0 Å². The third kappa shape index (κ3) is 2.68. The fourth-order valence-corrected chi connectivity index (χ4v) is 0.699. The lowest BCUT2D eigenvalue weighted by atomic mass is 10.4. The summed E-state index contributed by atoms with van der Waals surface area (Å²) in [6, 6.07) is 2.61. The number of halogens is 1. The molecule has 0 saturated carbocycles. The van der Waals surface area contributed by atoms with E-state index in [-0.39, 0.29) is 10.8 Å². The highest BCUT2D eigenvalue weighted by molar-refractivity contribution is 6.29. The molecule has 1 aromatic heterocycles. The zero-order valence-corrected chi connectivity index (χ0v) is 6.95. The maximum absolute atomic E-state index is 10.9. The number of imide groups is 1. The van der Waals surface area contributed by atoms with Gasteiger partial charge in [0.25, 0.3) is 5.91 Å². The van der Waals surface area contributed by atoms with Crippen LogP contribution in [0.2, 0.25) is 5.15 Å². The van der Waals surface area contributed by atoms with Crippen LogP contribution in [0.15, 0.2) is 12.1 Å². The van der Waals surface area contributed by atoms with Crippen molar-refractivity contribution < 1.29 is 14.7 Å². The number of hydrogen-bond acceptors (Lipinski definition) is 4. The second-order valence-electron chi connectivity index (χ2n) is 2.00. The fourth-order valence-electron chi connectivity index (χ4n) is 0.598. The van der Waals surface area contributed by atoms with E-state index < -0.39 is 12.0 Å². The molecule has 1 aromatic rings. The Balaban J connectivity index is 2.78. The van der Waals surface area contributed by atoms with Gasteiger partial charge < -0.3 is 5.11 Å². The van der Waals surface area contributed by atoms with Gasteiger partial charge in [-0.05, 0) is 12.1 Å². The molecule has 0 radical (unpaired) electrons. The number of carboxylic acid groups (broad SMARTS) is 1. The summed E-state index contributed by atoms with van der Waals surface area (Å²) in [4.78, 5) is 21.0. The molecule has 13 heavy (non-hydrogen) atoms. The Morgan fingerprint density at radius 3 is 2.54 bits per heavy atom. The number of carbonyl (C=O) groups is 2. The van der Waals surface area contributed by atoms with Crippen LogP contribution in [-0.4, -0.2) is 27.3 Å². The summed E-state index contributed by atoms with van der Waals surface area (Å²) in [7, 11) is 0. The molecule has 6 nitrogen and oxygen atoms in total. The van der Waals surface area contributed by atoms with Crippen LogP contribution >= 0.6 is 11.6 Å². The highest BCUT2D eigenvalue weighted by Crippen LogP contribution is 2.01. The molecular weight excluding hydrogens is 198 g/mol. The molecule has 1 rings (SSSR count). The van der Waals surface area contributed by atoms with E-state index in [1.165, 1.54) is 12.1 Å². The Bertz CT molecular complexity index is 337. The van der Waals surface area contributed by atoms with E-state index in [9.17, 15) is 9.59 Å². The number of nitrogens with zero attached hydrogens (tertiary/aromatic N) is 2. The van der Waals surface area contributed by atoms with E-state index in [1.54, 1.807) is 5.32 Å². The summed E-state index contributed by atoms with van der Waals surface area (Å²) in [5.41, 5.74) is -0.105. The number of rotatable bonds is 1. The van der Waals surface area contributed by atoms with E-state index in [4.69, 9.17) is 16.7 Å². The number of hydrogen-bond donors (Lipinski definition) is 2. The smallest absolute Gasteiger partial charge is 0.411 e. The number of aromatic nitrogens is 2. The van der Waals surface area contributed by atoms with Gasteiger partial charge in [-0.2, -0.15) is 0 Å². The highest BCUT2D eigenvalue weighted by Gasteiger charge is 2.10. The van der Waals surface area contributed by atoms with Gasteiger partial charge in [0.2, 0.25) is 0 Å². The molecule has 0 aliphatic heterocycles. The van der Waals surface area contributed by atoms with E-state index in [0.717, 1.165) is 0 Å². The summed E-state index contributed by atoms with van der Waals surface area (Å²) < 4.78 is 0. The van der Waals surface area contributed by atoms with Gasteiger partial charge in [0.1, 0.15) is 0 Å². The van der Waals surface area contributed by atoms with Crippen molar-refractivity contribution in [3.8, 4) is 0 Å². The van der Waals surface area contributed by atoms with Gasteiger partial charge >= 0.3 is 6.09 Å². The van der Waals surface area contributed by atoms with Crippen LogP contribution in [0.3, 0.4) is 0 Å². The van der Waals surface area contributed by atoms with Gasteiger partial charge in [0.15, 0.2) is 10.8 Å². The summed E-state index contributed by atoms with van der Waals surface area (Å²) in [6.45, 7) is 0. The topological polar surface area (TPSA) is 92.2 Å². The predicted octanol–water partition coefficient (Wildman–Crippen LogP) is 0.538. The molecule has 2 N–H and O–H groups in total. The summed E-state index contributed by atoms with van der Waals surface area (Å²) in [5.74, 6) is -0.836. The zero-order chi connectivity index (χ0) is 9.84. The minimum Gasteiger partial charge on any atom is -0.465 e. The molecule has 68 valence electrons. The molecule has 2 amide bonds. The molecule has 7 heteroatoms. The lowest BCUT2D eigenvalue weighted by Crippen LogP contribution is -2.29. The third-order valence-corrected chi connectivity index (χ3v) is 1.29. The standard InChI is InChI=1S/C6H4ClN3O3/c7-4-2-1-3(9-10-4)5(11)8-6(12)13/h1-2H,(H,8,11)(H,12,13). The average molecular weight is 202 g/mol. The molecule has 0 spiro atoms. The Morgan fingerprint density at radius 2 is 2.08 bits per heavy atom. The first kappa shape index (κ1) is 9.40. The van der Waals surface area contributed by atoms with Gasteiger partial charge in [-0.3, -0.25) is 10.1 Å². The molecule has 0 atom stereocenters. The molecule has 1 heterocycles. The number of carbonyl (C=O) groups excluding carboxylic acids is 1. The highest BCUT2D eigenvalue weighted by atomic mass is 35.5. The Hall–Kier alpha value is -1.69. The fraction of sp³-hybridized carbons (Fsp3) is 0. The molecule has 0 fully saturated rings. The second kappa shape index (κ2) is 3.81. The maximum atomic E-state index is 10.9. The minimum absolute atomic E-state index is 0.105. The lowest BCUT2D eigenvalue weighted by Gasteiger charge is -1.96. The van der Waals surface area contributed by atoms with Crippen LogP contribution in [0.1, 0.15) is 10.5 Å². The first-order valence-corrected chi connectivity index (χ1v) is 3.51. The van der Waals surface area contributed by atoms with Crippen molar-refractivity contribution in [3.05, 3.63) is 23.0 Å². The molecular formula is C6H4ClN3O3. The van der Waals surface area contributed by atoms with Crippen LogP contribution < -0.4 is 5.32 Å². The summed E-state index contributed by atoms with van der Waals surface area (Å²) >= 11 is 5.40. The van der Waals surface area contributed by atoms with Gasteiger partial charge in [-0.1, -0.05) is 11.6 Å². The van der Waals surface area contributed by atoms with E-state index in [2.05, 4.69) is 10.2 Å². The van der Waals surface area contributed by atoms with Crippen LogP contribution in [0.4, 0.5) is 4.79 Å². The molecule has 0 unspecified atom stereocenters. The number of nitrogens with one attached hydrogen (secondary N) is 1. The Kier molecular flexibility index (Phi) is 2.76. The van der Waals surface area contributed by atoms with Crippen molar-refractivity contribution in [1.82, 2.24) is 15.5 Å². The molecule has 0 bridgehead atoms. The first-order valence-electron chi connectivity index (χ1n) is 3.13. The normalized spacial score (nSPS) is 9.31. The van der Waals surface area contributed by atoms with Crippen molar-refractivity contribution in [2.24, 2.45) is 0 Å². The summed E-state index contributed by atoms with van der Waals surface area (Å²) in [5, 5.41) is 16.7. The number of amides is 2. The zero-order valence-electron chi connectivity index (χ0n) is 6.19. The van der Waals surface area contributed by atoms with Crippen LogP contribution in [0.5, 0.6) is 0 Å². The molecule has 0 aliphatic carbocycles. The minimum atomic E-state index is -1.44. The second-order valence-corrected chi connectivity index (χ2v) is 2.39. The SMILES string of the molecule is O=C(O)NC(=O)c1ccc(Cl)nn1. The van der Waals surface area contributed by atoms with Crippen molar-refractivity contribution in [3.63, 3.8) is 0 Å². The van der Waals surface area contributed by atoms with E-state index in [0.29, 0.717) is 0 Å². The Morgan fingerprint density at radius 1 is 1.38 bits per heavy atom. The van der Waals surface area contributed by atoms with Gasteiger partial charge in [-0.25, -0.2) is 4.79 Å². The summed E-state index contributed by atoms with van der Waals surface area (Å²) in [6.07, 6.45) is -1.44. The van der Waals surface area contributed by atoms with Crippen molar-refractivity contribution in [2.45, 2.75) is 0 Å². The van der Waals surface area contributed by atoms with Crippen LogP contribution in [0.25, 0.3) is 0 Å². The lowest BCUT2D eigenvalue weighted by molar-refractivity contribution is 0.0942. The van der Waals surface area contributed by atoms with E-state index >= 15 is 0 Å².